The third-order valence-corrected chi connectivity index (χ3v) is 5.31. The molecule has 0 aromatic heterocycles. The number of amides is 1. The van der Waals surface area contributed by atoms with E-state index in [0.717, 1.165) is 31.7 Å². The Balaban J connectivity index is 0.00000192. The first-order valence-corrected chi connectivity index (χ1v) is 8.81. The fraction of sp³-hybridized carbons (Fsp3) is 0.632. The molecule has 1 unspecified atom stereocenters. The van der Waals surface area contributed by atoms with Crippen molar-refractivity contribution in [1.29, 1.82) is 0 Å². The Labute approximate surface area is 146 Å². The zero-order valence-corrected chi connectivity index (χ0v) is 14.8. The van der Waals surface area contributed by atoms with Crippen LogP contribution in [0.1, 0.15) is 57.1 Å². The fourth-order valence-electron chi connectivity index (χ4n) is 3.69. The van der Waals surface area contributed by atoms with Gasteiger partial charge in [-0.2, -0.15) is 0 Å². The minimum atomic E-state index is 0. The minimum absolute atomic E-state index is 0. The Hall–Kier alpha value is -1.06. The second-order valence-electron chi connectivity index (χ2n) is 7.08. The zero-order chi connectivity index (χ0) is 15.4. The van der Waals surface area contributed by atoms with Crippen LogP contribution in [0.4, 0.5) is 0 Å². The van der Waals surface area contributed by atoms with Crippen LogP contribution in [0, 0.1) is 11.8 Å². The highest BCUT2D eigenvalue weighted by Gasteiger charge is 2.29. The molecule has 4 heteroatoms. The molecule has 0 radical (unpaired) electrons. The van der Waals surface area contributed by atoms with Crippen LogP contribution in [-0.4, -0.2) is 18.5 Å². The third kappa shape index (κ3) is 4.95. The molecular formula is C19H29ClN2O. The molecule has 2 N–H and O–H groups in total. The number of hydrogen-bond donors (Lipinski definition) is 2. The van der Waals surface area contributed by atoms with Crippen LogP contribution in [0.3, 0.4) is 0 Å². The highest BCUT2D eigenvalue weighted by molar-refractivity contribution is 5.85. The van der Waals surface area contributed by atoms with Gasteiger partial charge in [0.1, 0.15) is 0 Å². The van der Waals surface area contributed by atoms with Gasteiger partial charge < -0.3 is 10.6 Å². The van der Waals surface area contributed by atoms with Crippen molar-refractivity contribution >= 4 is 18.3 Å². The summed E-state index contributed by atoms with van der Waals surface area (Å²) in [7, 11) is 0. The van der Waals surface area contributed by atoms with Crippen LogP contribution in [0.2, 0.25) is 0 Å². The van der Waals surface area contributed by atoms with E-state index in [4.69, 9.17) is 0 Å². The van der Waals surface area contributed by atoms with E-state index in [1.54, 1.807) is 0 Å². The Morgan fingerprint density at radius 3 is 2.61 bits per heavy atom. The van der Waals surface area contributed by atoms with E-state index in [0.29, 0.717) is 6.04 Å². The van der Waals surface area contributed by atoms with Gasteiger partial charge in [-0.15, -0.1) is 12.4 Å². The van der Waals surface area contributed by atoms with Crippen molar-refractivity contribution in [2.24, 2.45) is 11.8 Å². The van der Waals surface area contributed by atoms with Gasteiger partial charge in [-0.25, -0.2) is 0 Å². The fourth-order valence-corrected chi connectivity index (χ4v) is 3.69. The average Bonchev–Trinajstić information content (AvgIpc) is 2.50. The molecular weight excluding hydrogens is 308 g/mol. The molecule has 3 atom stereocenters. The summed E-state index contributed by atoms with van der Waals surface area (Å²) in [4.78, 5) is 12.7. The number of hydrogen-bond acceptors (Lipinski definition) is 2. The van der Waals surface area contributed by atoms with Crippen molar-refractivity contribution in [1.82, 2.24) is 10.6 Å². The molecule has 1 aliphatic carbocycles. The molecule has 1 saturated heterocycles. The van der Waals surface area contributed by atoms with Crippen LogP contribution < -0.4 is 10.6 Å². The lowest BCUT2D eigenvalue weighted by Crippen LogP contribution is -2.43. The molecule has 3 nitrogen and oxygen atoms in total. The smallest absolute Gasteiger partial charge is 0.223 e. The average molecular weight is 337 g/mol. The van der Waals surface area contributed by atoms with Gasteiger partial charge in [-0.1, -0.05) is 49.6 Å². The highest BCUT2D eigenvalue weighted by atomic mass is 35.5. The molecule has 1 saturated carbocycles. The lowest BCUT2D eigenvalue weighted by Gasteiger charge is -2.33. The SMILES string of the molecule is C[C@H]1C[C@@H](C(=O)NC(CC2CCC2)c2ccccc2)CCN1.Cl. The summed E-state index contributed by atoms with van der Waals surface area (Å²) in [6, 6.07) is 11.1. The molecule has 1 heterocycles. The van der Waals surface area contributed by atoms with Gasteiger partial charge in [0, 0.05) is 12.0 Å². The summed E-state index contributed by atoms with van der Waals surface area (Å²) in [6.45, 7) is 3.13. The largest absolute Gasteiger partial charge is 0.349 e. The Kier molecular flexibility index (Phi) is 6.91. The van der Waals surface area contributed by atoms with Crippen LogP contribution in [0.5, 0.6) is 0 Å². The molecule has 1 aromatic rings. The van der Waals surface area contributed by atoms with Crippen molar-refractivity contribution in [2.75, 3.05) is 6.54 Å². The van der Waals surface area contributed by atoms with Crippen LogP contribution in [0.15, 0.2) is 30.3 Å². The summed E-state index contributed by atoms with van der Waals surface area (Å²) >= 11 is 0. The van der Waals surface area contributed by atoms with Gasteiger partial charge in [0.05, 0.1) is 6.04 Å². The van der Waals surface area contributed by atoms with Crippen molar-refractivity contribution in [2.45, 2.75) is 57.5 Å². The molecule has 1 aliphatic heterocycles. The van der Waals surface area contributed by atoms with E-state index < -0.39 is 0 Å². The molecule has 3 rings (SSSR count). The number of rotatable bonds is 5. The quantitative estimate of drug-likeness (QED) is 0.857. The monoisotopic (exact) mass is 336 g/mol. The molecule has 1 amide bonds. The zero-order valence-electron chi connectivity index (χ0n) is 14.0. The molecule has 0 spiro atoms. The van der Waals surface area contributed by atoms with E-state index in [1.165, 1.54) is 24.8 Å². The van der Waals surface area contributed by atoms with Gasteiger partial charge in [0.25, 0.3) is 0 Å². The summed E-state index contributed by atoms with van der Waals surface area (Å²) in [5, 5.41) is 6.78. The molecule has 0 bridgehead atoms. The predicted molar refractivity (Wildman–Crippen MR) is 96.7 cm³/mol. The molecule has 2 fully saturated rings. The van der Waals surface area contributed by atoms with E-state index >= 15 is 0 Å². The first-order valence-electron chi connectivity index (χ1n) is 8.81. The minimum Gasteiger partial charge on any atom is -0.349 e. The summed E-state index contributed by atoms with van der Waals surface area (Å²) in [6.07, 6.45) is 7.01. The summed E-state index contributed by atoms with van der Waals surface area (Å²) in [5.41, 5.74) is 1.25. The lowest BCUT2D eigenvalue weighted by atomic mass is 9.79. The topological polar surface area (TPSA) is 41.1 Å². The lowest BCUT2D eigenvalue weighted by molar-refractivity contribution is -0.127. The molecule has 2 aliphatic rings. The summed E-state index contributed by atoms with van der Waals surface area (Å²) in [5.74, 6) is 1.21. The molecule has 23 heavy (non-hydrogen) atoms. The standard InChI is InChI=1S/C19H28N2O.ClH/c1-14-12-17(10-11-20-14)19(22)21-18(13-15-6-5-7-15)16-8-3-2-4-9-16;/h2-4,8-9,14-15,17-18,20H,5-7,10-13H2,1H3,(H,21,22);1H/t14-,17-,18?;/m0./s1. The van der Waals surface area contributed by atoms with E-state index in [1.807, 2.05) is 6.07 Å². The van der Waals surface area contributed by atoms with Crippen LogP contribution in [-0.2, 0) is 4.79 Å². The van der Waals surface area contributed by atoms with Crippen LogP contribution in [0.25, 0.3) is 0 Å². The van der Waals surface area contributed by atoms with E-state index in [2.05, 4.69) is 41.8 Å². The van der Waals surface area contributed by atoms with Crippen molar-refractivity contribution in [3.8, 4) is 0 Å². The Morgan fingerprint density at radius 2 is 2.00 bits per heavy atom. The number of halogens is 1. The Bertz CT molecular complexity index is 489. The number of carbonyl (C=O) groups excluding carboxylic acids is 1. The van der Waals surface area contributed by atoms with E-state index in [-0.39, 0.29) is 30.3 Å². The van der Waals surface area contributed by atoms with Crippen LogP contribution >= 0.6 is 12.4 Å². The molecule has 1 aromatic carbocycles. The number of nitrogens with one attached hydrogen (secondary N) is 2. The molecule has 128 valence electrons. The number of piperidine rings is 1. The second kappa shape index (κ2) is 8.70. The Morgan fingerprint density at radius 1 is 1.26 bits per heavy atom. The maximum atomic E-state index is 12.7. The third-order valence-electron chi connectivity index (χ3n) is 5.31. The normalized spacial score (nSPS) is 25.8. The maximum Gasteiger partial charge on any atom is 0.223 e. The predicted octanol–water partition coefficient (Wildman–Crippen LogP) is 3.84. The van der Waals surface area contributed by atoms with Gasteiger partial charge in [-0.3, -0.25) is 4.79 Å². The van der Waals surface area contributed by atoms with Gasteiger partial charge in [0.15, 0.2) is 0 Å². The summed E-state index contributed by atoms with van der Waals surface area (Å²) < 4.78 is 0. The van der Waals surface area contributed by atoms with Gasteiger partial charge in [0.2, 0.25) is 5.91 Å². The van der Waals surface area contributed by atoms with Crippen molar-refractivity contribution in [3.05, 3.63) is 35.9 Å². The maximum absolute atomic E-state index is 12.7. The first-order chi connectivity index (χ1) is 10.7. The van der Waals surface area contributed by atoms with E-state index in [9.17, 15) is 4.79 Å². The van der Waals surface area contributed by atoms with Gasteiger partial charge in [-0.05, 0) is 44.2 Å². The van der Waals surface area contributed by atoms with Gasteiger partial charge >= 0.3 is 0 Å². The first kappa shape index (κ1) is 18.3. The second-order valence-corrected chi connectivity index (χ2v) is 7.08. The van der Waals surface area contributed by atoms with Crippen molar-refractivity contribution in [3.63, 3.8) is 0 Å². The number of benzene rings is 1. The highest BCUT2D eigenvalue weighted by Crippen LogP contribution is 2.35. The van der Waals surface area contributed by atoms with Crippen molar-refractivity contribution < 1.29 is 4.79 Å². The number of carbonyl (C=O) groups is 1.